The highest BCUT2D eigenvalue weighted by Gasteiger charge is 2.19. The molecule has 0 spiro atoms. The van der Waals surface area contributed by atoms with E-state index in [1.54, 1.807) is 0 Å². The van der Waals surface area contributed by atoms with Gasteiger partial charge in [0.05, 0.1) is 6.20 Å². The lowest BCUT2D eigenvalue weighted by atomic mass is 9.90. The molecule has 1 aliphatic carbocycles. The van der Waals surface area contributed by atoms with Crippen LogP contribution in [0.1, 0.15) is 63.5 Å². The maximum atomic E-state index is 4.39. The molecule has 0 bridgehead atoms. The van der Waals surface area contributed by atoms with Gasteiger partial charge in [0.2, 0.25) is 0 Å². The minimum atomic E-state index is 0.480. The van der Waals surface area contributed by atoms with Gasteiger partial charge in [0.15, 0.2) is 0 Å². The number of aromatic nitrogens is 2. The summed E-state index contributed by atoms with van der Waals surface area (Å²) in [5.74, 6) is 0.898. The number of hydrogen-bond donors (Lipinski definition) is 1. The van der Waals surface area contributed by atoms with Gasteiger partial charge in [-0.1, -0.05) is 38.5 Å². The number of nitrogens with one attached hydrogen (secondary N) is 1. The number of rotatable bonds is 5. The smallest absolute Gasteiger partial charge is 0.0537 e. The van der Waals surface area contributed by atoms with E-state index in [-0.39, 0.29) is 0 Å². The van der Waals surface area contributed by atoms with E-state index in [4.69, 9.17) is 0 Å². The lowest BCUT2D eigenvalue weighted by Crippen LogP contribution is -2.19. The normalized spacial score (nSPS) is 19.7. The average molecular weight is 249 g/mol. The second kappa shape index (κ2) is 6.93. The lowest BCUT2D eigenvalue weighted by Gasteiger charge is -2.21. The Labute approximate surface area is 111 Å². The molecule has 1 aromatic heterocycles. The van der Waals surface area contributed by atoms with Crippen molar-refractivity contribution in [2.45, 2.75) is 64.5 Å². The van der Waals surface area contributed by atoms with Gasteiger partial charge in [-0.05, 0) is 26.3 Å². The van der Waals surface area contributed by atoms with Crippen LogP contribution in [-0.4, -0.2) is 16.8 Å². The van der Waals surface area contributed by atoms with Crippen LogP contribution in [0, 0.1) is 5.92 Å². The molecule has 102 valence electrons. The van der Waals surface area contributed by atoms with Crippen molar-refractivity contribution in [2.75, 3.05) is 7.05 Å². The summed E-state index contributed by atoms with van der Waals surface area (Å²) in [6, 6.07) is 0.480. The Morgan fingerprint density at radius 1 is 1.33 bits per heavy atom. The van der Waals surface area contributed by atoms with Gasteiger partial charge in [0.1, 0.15) is 0 Å². The molecule has 1 fully saturated rings. The van der Waals surface area contributed by atoms with Crippen LogP contribution < -0.4 is 5.32 Å². The van der Waals surface area contributed by atoms with Crippen LogP contribution >= 0.6 is 0 Å². The van der Waals surface area contributed by atoms with Crippen molar-refractivity contribution in [2.24, 2.45) is 5.92 Å². The molecule has 1 atom stereocenters. The maximum absolute atomic E-state index is 4.39. The molecule has 18 heavy (non-hydrogen) atoms. The largest absolute Gasteiger partial charge is 0.313 e. The number of hydrogen-bond acceptors (Lipinski definition) is 2. The topological polar surface area (TPSA) is 29.9 Å². The van der Waals surface area contributed by atoms with Gasteiger partial charge in [-0.25, -0.2) is 0 Å². The molecule has 1 unspecified atom stereocenters. The Bertz CT molecular complexity index is 337. The molecule has 0 saturated heterocycles. The van der Waals surface area contributed by atoms with Crippen LogP contribution in [0.2, 0.25) is 0 Å². The number of aryl methyl sites for hydroxylation is 1. The van der Waals surface area contributed by atoms with Gasteiger partial charge in [0.25, 0.3) is 0 Å². The first-order chi connectivity index (χ1) is 8.83. The third-order valence-electron chi connectivity index (χ3n) is 4.27. The molecule has 3 heteroatoms. The van der Waals surface area contributed by atoms with E-state index in [1.807, 2.05) is 10.9 Å². The zero-order valence-corrected chi connectivity index (χ0v) is 11.9. The van der Waals surface area contributed by atoms with Crippen LogP contribution in [0.3, 0.4) is 0 Å². The van der Waals surface area contributed by atoms with Crippen LogP contribution in [0.25, 0.3) is 0 Å². The Hall–Kier alpha value is -0.830. The minimum absolute atomic E-state index is 0.480. The quantitative estimate of drug-likeness (QED) is 0.809. The molecular formula is C15H27N3. The maximum Gasteiger partial charge on any atom is 0.0537 e. The molecule has 0 aromatic carbocycles. The Balaban J connectivity index is 1.95. The molecule has 1 saturated carbocycles. The van der Waals surface area contributed by atoms with E-state index in [9.17, 15) is 0 Å². The van der Waals surface area contributed by atoms with Crippen LogP contribution in [0.4, 0.5) is 0 Å². The van der Waals surface area contributed by atoms with Crippen molar-refractivity contribution in [1.82, 2.24) is 15.1 Å². The van der Waals surface area contributed by atoms with Gasteiger partial charge >= 0.3 is 0 Å². The molecule has 1 aliphatic rings. The highest BCUT2D eigenvalue weighted by Crippen LogP contribution is 2.30. The second-order valence-corrected chi connectivity index (χ2v) is 5.56. The summed E-state index contributed by atoms with van der Waals surface area (Å²) < 4.78 is 2.02. The van der Waals surface area contributed by atoms with Crippen molar-refractivity contribution >= 4 is 0 Å². The zero-order chi connectivity index (χ0) is 12.8. The fourth-order valence-corrected chi connectivity index (χ4v) is 3.09. The van der Waals surface area contributed by atoms with Crippen molar-refractivity contribution in [1.29, 1.82) is 0 Å². The molecule has 0 amide bonds. The average Bonchev–Trinajstić information content (AvgIpc) is 2.73. The summed E-state index contributed by atoms with van der Waals surface area (Å²) in [7, 11) is 2.07. The fraction of sp³-hybridized carbons (Fsp3) is 0.800. The second-order valence-electron chi connectivity index (χ2n) is 5.56. The predicted molar refractivity (Wildman–Crippen MR) is 75.5 cm³/mol. The molecule has 0 radical (unpaired) electrons. The molecule has 1 heterocycles. The molecule has 1 N–H and O–H groups in total. The Kier molecular flexibility index (Phi) is 5.24. The van der Waals surface area contributed by atoms with E-state index in [1.165, 1.54) is 50.5 Å². The zero-order valence-electron chi connectivity index (χ0n) is 11.9. The third kappa shape index (κ3) is 3.58. The first-order valence-electron chi connectivity index (χ1n) is 7.53. The van der Waals surface area contributed by atoms with Crippen molar-refractivity contribution in [3.05, 3.63) is 18.0 Å². The van der Waals surface area contributed by atoms with E-state index in [0.717, 1.165) is 12.5 Å². The van der Waals surface area contributed by atoms with Gasteiger partial charge in [-0.3, -0.25) is 4.68 Å². The monoisotopic (exact) mass is 249 g/mol. The van der Waals surface area contributed by atoms with Crippen molar-refractivity contribution in [3.63, 3.8) is 0 Å². The highest BCUT2D eigenvalue weighted by atomic mass is 15.3. The molecule has 1 aromatic rings. The predicted octanol–water partition coefficient (Wildman–Crippen LogP) is 3.52. The minimum Gasteiger partial charge on any atom is -0.313 e. The Morgan fingerprint density at radius 3 is 2.61 bits per heavy atom. The highest BCUT2D eigenvalue weighted by molar-refractivity contribution is 5.10. The van der Waals surface area contributed by atoms with Gasteiger partial charge in [-0.15, -0.1) is 0 Å². The van der Waals surface area contributed by atoms with Crippen LogP contribution in [0.15, 0.2) is 12.4 Å². The third-order valence-corrected chi connectivity index (χ3v) is 4.27. The standard InChI is InChI=1S/C15H27N3/c1-3-18-12-14(11-17-18)15(16-2)10-13-8-6-4-5-7-9-13/h11-13,15-16H,3-10H2,1-2H3. The van der Waals surface area contributed by atoms with E-state index >= 15 is 0 Å². The molecule has 2 rings (SSSR count). The van der Waals surface area contributed by atoms with Gasteiger partial charge in [0, 0.05) is 24.3 Å². The summed E-state index contributed by atoms with van der Waals surface area (Å²) in [5, 5.41) is 7.86. The van der Waals surface area contributed by atoms with E-state index in [2.05, 4.69) is 30.6 Å². The summed E-state index contributed by atoms with van der Waals surface area (Å²) in [4.78, 5) is 0. The number of nitrogens with zero attached hydrogens (tertiary/aromatic N) is 2. The summed E-state index contributed by atoms with van der Waals surface area (Å²) in [6.07, 6.45) is 14.1. The lowest BCUT2D eigenvalue weighted by molar-refractivity contribution is 0.368. The van der Waals surface area contributed by atoms with Crippen LogP contribution in [-0.2, 0) is 6.54 Å². The fourth-order valence-electron chi connectivity index (χ4n) is 3.09. The SMILES string of the molecule is CCn1cc(C(CC2CCCCCC2)NC)cn1. The first kappa shape index (κ1) is 13.6. The van der Waals surface area contributed by atoms with Gasteiger partial charge < -0.3 is 5.32 Å². The van der Waals surface area contributed by atoms with Crippen LogP contribution in [0.5, 0.6) is 0 Å². The first-order valence-corrected chi connectivity index (χ1v) is 7.53. The van der Waals surface area contributed by atoms with E-state index < -0.39 is 0 Å². The molecule has 3 nitrogen and oxygen atoms in total. The van der Waals surface area contributed by atoms with Gasteiger partial charge in [-0.2, -0.15) is 5.10 Å². The molecular weight excluding hydrogens is 222 g/mol. The molecule has 0 aliphatic heterocycles. The van der Waals surface area contributed by atoms with E-state index in [0.29, 0.717) is 6.04 Å². The summed E-state index contributed by atoms with van der Waals surface area (Å²) in [6.45, 7) is 3.09. The van der Waals surface area contributed by atoms with Crippen molar-refractivity contribution in [3.8, 4) is 0 Å². The van der Waals surface area contributed by atoms with Crippen molar-refractivity contribution < 1.29 is 0 Å². The summed E-state index contributed by atoms with van der Waals surface area (Å²) >= 11 is 0. The Morgan fingerprint density at radius 2 is 2.06 bits per heavy atom. The summed E-state index contributed by atoms with van der Waals surface area (Å²) in [5.41, 5.74) is 1.35.